The summed E-state index contributed by atoms with van der Waals surface area (Å²) >= 11 is 0. The smallest absolute Gasteiger partial charge is 0.307 e. The molecule has 0 aliphatic heterocycles. The largest absolute Gasteiger partial charge is 0.469 e. The molecule has 0 aromatic heterocycles. The molecule has 1 aliphatic rings. The Bertz CT molecular complexity index is 170. The zero-order valence-electron chi connectivity index (χ0n) is 8.70. The minimum Gasteiger partial charge on any atom is -0.469 e. The summed E-state index contributed by atoms with van der Waals surface area (Å²) in [7, 11) is 1.41. The van der Waals surface area contributed by atoms with Crippen LogP contribution in [0.1, 0.15) is 38.5 Å². The molecule has 0 aromatic carbocycles. The fourth-order valence-electron chi connectivity index (χ4n) is 2.00. The van der Waals surface area contributed by atoms with E-state index >= 15 is 0 Å². The van der Waals surface area contributed by atoms with Crippen molar-refractivity contribution in [2.45, 2.75) is 44.6 Å². The summed E-state index contributed by atoms with van der Waals surface area (Å²) in [5.41, 5.74) is 5.92. The van der Waals surface area contributed by atoms with E-state index in [4.69, 9.17) is 5.73 Å². The van der Waals surface area contributed by atoms with E-state index in [-0.39, 0.29) is 24.4 Å². The van der Waals surface area contributed by atoms with Crippen molar-refractivity contribution in [3.05, 3.63) is 0 Å². The number of halogens is 1. The van der Waals surface area contributed by atoms with Gasteiger partial charge < -0.3 is 10.5 Å². The first kappa shape index (κ1) is 13.7. The van der Waals surface area contributed by atoms with Crippen LogP contribution < -0.4 is 5.73 Å². The molecule has 0 bridgehead atoms. The van der Waals surface area contributed by atoms with Gasteiger partial charge in [0.05, 0.1) is 13.5 Å². The maximum Gasteiger partial charge on any atom is 0.307 e. The summed E-state index contributed by atoms with van der Waals surface area (Å²) in [6.07, 6.45) is 6.58. The van der Waals surface area contributed by atoms with Crippen molar-refractivity contribution < 1.29 is 9.53 Å². The molecule has 0 spiro atoms. The van der Waals surface area contributed by atoms with Gasteiger partial charge in [0.15, 0.2) is 0 Å². The van der Waals surface area contributed by atoms with Crippen molar-refractivity contribution in [3.63, 3.8) is 0 Å². The van der Waals surface area contributed by atoms with Gasteiger partial charge in [-0.25, -0.2) is 0 Å². The van der Waals surface area contributed by atoms with E-state index in [9.17, 15) is 4.79 Å². The third-order valence-electron chi connectivity index (χ3n) is 2.89. The van der Waals surface area contributed by atoms with Gasteiger partial charge in [0, 0.05) is 6.04 Å². The number of nitrogens with two attached hydrogens (primary N) is 1. The molecule has 1 atom stereocenters. The first-order valence-corrected chi connectivity index (χ1v) is 5.06. The van der Waals surface area contributed by atoms with Crippen LogP contribution >= 0.6 is 12.4 Å². The zero-order valence-corrected chi connectivity index (χ0v) is 9.52. The van der Waals surface area contributed by atoms with Gasteiger partial charge in [0.2, 0.25) is 0 Å². The fourth-order valence-corrected chi connectivity index (χ4v) is 2.00. The number of hydrogen-bond donors (Lipinski definition) is 1. The van der Waals surface area contributed by atoms with Crippen molar-refractivity contribution in [1.82, 2.24) is 0 Å². The number of carbonyl (C=O) groups excluding carboxylic acids is 1. The second kappa shape index (κ2) is 7.07. The topological polar surface area (TPSA) is 52.3 Å². The molecule has 3 nitrogen and oxygen atoms in total. The van der Waals surface area contributed by atoms with Crippen LogP contribution in [0, 0.1) is 5.92 Å². The third-order valence-corrected chi connectivity index (χ3v) is 2.89. The van der Waals surface area contributed by atoms with Crippen molar-refractivity contribution in [2.75, 3.05) is 7.11 Å². The van der Waals surface area contributed by atoms with E-state index in [0.29, 0.717) is 12.3 Å². The van der Waals surface area contributed by atoms with Gasteiger partial charge in [0.25, 0.3) is 0 Å². The standard InChI is InChI=1S/C10H19NO2.ClH/c1-13-10(12)7-9(11)8-5-3-2-4-6-8;/h8-9H,2-7,11H2,1H3;1H/t9-;/m0./s1. The Morgan fingerprint density at radius 2 is 2.00 bits per heavy atom. The van der Waals surface area contributed by atoms with Gasteiger partial charge in [-0.15, -0.1) is 12.4 Å². The SMILES string of the molecule is COC(=O)C[C@H](N)C1CCCCC1.Cl. The number of methoxy groups -OCH3 is 1. The quantitative estimate of drug-likeness (QED) is 0.741. The van der Waals surface area contributed by atoms with Crippen LogP contribution in [0.15, 0.2) is 0 Å². The molecule has 0 unspecified atom stereocenters. The highest BCUT2D eigenvalue weighted by atomic mass is 35.5. The van der Waals surface area contributed by atoms with Crippen molar-refractivity contribution in [3.8, 4) is 0 Å². The lowest BCUT2D eigenvalue weighted by Gasteiger charge is -2.26. The van der Waals surface area contributed by atoms with Crippen LogP contribution in [0.2, 0.25) is 0 Å². The Kier molecular flexibility index (Phi) is 6.93. The van der Waals surface area contributed by atoms with Gasteiger partial charge in [-0.05, 0) is 18.8 Å². The zero-order chi connectivity index (χ0) is 9.68. The van der Waals surface area contributed by atoms with Gasteiger partial charge in [-0.3, -0.25) is 4.79 Å². The fraction of sp³-hybridized carbons (Fsp3) is 0.900. The molecule has 0 heterocycles. The second-order valence-electron chi connectivity index (χ2n) is 3.84. The van der Waals surface area contributed by atoms with Crippen LogP contribution in [-0.2, 0) is 9.53 Å². The Morgan fingerprint density at radius 1 is 1.43 bits per heavy atom. The first-order valence-electron chi connectivity index (χ1n) is 5.06. The molecule has 2 N–H and O–H groups in total. The summed E-state index contributed by atoms with van der Waals surface area (Å²) in [6, 6.07) is 0.00718. The average Bonchev–Trinajstić information content (AvgIpc) is 2.19. The maximum atomic E-state index is 11.0. The van der Waals surface area contributed by atoms with Crippen molar-refractivity contribution in [2.24, 2.45) is 11.7 Å². The summed E-state index contributed by atoms with van der Waals surface area (Å²) in [5, 5.41) is 0. The minimum absolute atomic E-state index is 0. The van der Waals surface area contributed by atoms with E-state index in [1.807, 2.05) is 0 Å². The van der Waals surface area contributed by atoms with Crippen LogP contribution in [0.3, 0.4) is 0 Å². The molecule has 1 saturated carbocycles. The van der Waals surface area contributed by atoms with E-state index in [2.05, 4.69) is 4.74 Å². The van der Waals surface area contributed by atoms with E-state index in [1.54, 1.807) is 0 Å². The van der Waals surface area contributed by atoms with Gasteiger partial charge in [0.1, 0.15) is 0 Å². The molecular formula is C10H20ClNO2. The normalized spacial score (nSPS) is 19.6. The third kappa shape index (κ3) is 4.29. The van der Waals surface area contributed by atoms with Crippen LogP contribution in [0.25, 0.3) is 0 Å². The molecule has 1 aliphatic carbocycles. The summed E-state index contributed by atoms with van der Waals surface area (Å²) in [6.45, 7) is 0. The summed E-state index contributed by atoms with van der Waals surface area (Å²) < 4.78 is 4.59. The first-order chi connectivity index (χ1) is 6.24. The van der Waals surface area contributed by atoms with Crippen LogP contribution in [-0.4, -0.2) is 19.1 Å². The Balaban J connectivity index is 0.00000169. The lowest BCUT2D eigenvalue weighted by molar-refractivity contribution is -0.141. The molecule has 0 aromatic rings. The minimum atomic E-state index is -0.182. The summed E-state index contributed by atoms with van der Waals surface area (Å²) in [4.78, 5) is 11.0. The number of rotatable bonds is 3. The Labute approximate surface area is 91.8 Å². The summed E-state index contributed by atoms with van der Waals surface area (Å²) in [5.74, 6) is 0.353. The Morgan fingerprint density at radius 3 is 2.50 bits per heavy atom. The highest BCUT2D eigenvalue weighted by molar-refractivity contribution is 5.85. The molecule has 1 fully saturated rings. The van der Waals surface area contributed by atoms with E-state index in [1.165, 1.54) is 39.2 Å². The molecule has 0 saturated heterocycles. The van der Waals surface area contributed by atoms with E-state index in [0.717, 1.165) is 0 Å². The molecule has 0 radical (unpaired) electrons. The molecule has 1 rings (SSSR count). The molecule has 4 heteroatoms. The maximum absolute atomic E-state index is 11.0. The average molecular weight is 222 g/mol. The predicted octanol–water partition coefficient (Wildman–Crippen LogP) is 1.88. The number of esters is 1. The van der Waals surface area contributed by atoms with Crippen LogP contribution in [0.4, 0.5) is 0 Å². The molecule has 84 valence electrons. The molecule has 0 amide bonds. The van der Waals surface area contributed by atoms with Gasteiger partial charge in [-0.1, -0.05) is 19.3 Å². The van der Waals surface area contributed by atoms with Crippen molar-refractivity contribution in [1.29, 1.82) is 0 Å². The number of ether oxygens (including phenoxy) is 1. The lowest BCUT2D eigenvalue weighted by Crippen LogP contribution is -2.34. The lowest BCUT2D eigenvalue weighted by atomic mass is 9.83. The monoisotopic (exact) mass is 221 g/mol. The van der Waals surface area contributed by atoms with Crippen LogP contribution in [0.5, 0.6) is 0 Å². The predicted molar refractivity (Wildman–Crippen MR) is 58.4 cm³/mol. The number of hydrogen-bond acceptors (Lipinski definition) is 3. The second-order valence-corrected chi connectivity index (χ2v) is 3.84. The number of carbonyl (C=O) groups is 1. The van der Waals surface area contributed by atoms with Gasteiger partial charge >= 0.3 is 5.97 Å². The highest BCUT2D eigenvalue weighted by Gasteiger charge is 2.22. The van der Waals surface area contributed by atoms with E-state index < -0.39 is 0 Å². The molecular weight excluding hydrogens is 202 g/mol. The Hall–Kier alpha value is -0.280. The van der Waals surface area contributed by atoms with Gasteiger partial charge in [-0.2, -0.15) is 0 Å². The highest BCUT2D eigenvalue weighted by Crippen LogP contribution is 2.26. The molecule has 14 heavy (non-hydrogen) atoms. The van der Waals surface area contributed by atoms with Crippen molar-refractivity contribution >= 4 is 18.4 Å².